The minimum Gasteiger partial charge on any atom is -0.302 e. The molecule has 0 saturated heterocycles. The van der Waals surface area contributed by atoms with Gasteiger partial charge >= 0.3 is 0 Å². The number of nitrogens with zero attached hydrogens (tertiary/aromatic N) is 2. The highest BCUT2D eigenvalue weighted by molar-refractivity contribution is 7.91. The van der Waals surface area contributed by atoms with Crippen LogP contribution in [0.2, 0.25) is 0 Å². The first kappa shape index (κ1) is 25.5. The van der Waals surface area contributed by atoms with E-state index in [9.17, 15) is 17.6 Å². The number of aromatic nitrogens is 1. The van der Waals surface area contributed by atoms with Gasteiger partial charge in [-0.1, -0.05) is 45.0 Å². The fraction of sp³-hybridized carbons (Fsp3) is 0.385. The molecule has 0 spiro atoms. The van der Waals surface area contributed by atoms with E-state index >= 15 is 0 Å². The summed E-state index contributed by atoms with van der Waals surface area (Å²) >= 11 is 1.49. The standard InChI is InChI=1S/C26H30FN3O3S2/c1-5-35(32,33)21-12-6-18(7-13-21)14-23(31)28-26-29-24-22(34-26)15-30(25(24)16(2)3)17(4)19-8-10-20(27)11-9-19/h6-13,16-17,25H,5,14-15H2,1-4H3,(H,28,29,31)/t17?,25-/m1/s1. The normalized spacial score (nSPS) is 16.9. The van der Waals surface area contributed by atoms with Crippen molar-refractivity contribution in [2.75, 3.05) is 11.1 Å². The van der Waals surface area contributed by atoms with Gasteiger partial charge in [-0.3, -0.25) is 9.69 Å². The first-order chi connectivity index (χ1) is 16.6. The van der Waals surface area contributed by atoms with Crippen molar-refractivity contribution in [1.82, 2.24) is 9.88 Å². The quantitative estimate of drug-likeness (QED) is 0.427. The molecule has 186 valence electrons. The Morgan fingerprint density at radius 2 is 1.80 bits per heavy atom. The number of fused-ring (bicyclic) bond motifs is 1. The molecule has 0 radical (unpaired) electrons. The molecule has 0 bridgehead atoms. The molecule has 0 saturated carbocycles. The molecular formula is C26H30FN3O3S2. The fourth-order valence-corrected chi connectivity index (χ4v) is 6.43. The maximum atomic E-state index is 13.4. The number of benzene rings is 2. The van der Waals surface area contributed by atoms with Gasteiger partial charge in [-0.05, 0) is 48.2 Å². The molecule has 4 rings (SSSR count). The van der Waals surface area contributed by atoms with E-state index in [2.05, 4.69) is 31.0 Å². The van der Waals surface area contributed by atoms with E-state index in [0.29, 0.717) is 11.0 Å². The van der Waals surface area contributed by atoms with Crippen LogP contribution in [0.3, 0.4) is 0 Å². The smallest absolute Gasteiger partial charge is 0.230 e. The van der Waals surface area contributed by atoms with Gasteiger partial charge < -0.3 is 5.32 Å². The molecule has 2 atom stereocenters. The molecule has 1 amide bonds. The highest BCUT2D eigenvalue weighted by Crippen LogP contribution is 2.46. The summed E-state index contributed by atoms with van der Waals surface area (Å²) in [5.41, 5.74) is 2.78. The van der Waals surface area contributed by atoms with Gasteiger partial charge in [-0.15, -0.1) is 11.3 Å². The Kier molecular flexibility index (Phi) is 7.40. The van der Waals surface area contributed by atoms with Crippen molar-refractivity contribution in [2.24, 2.45) is 5.92 Å². The van der Waals surface area contributed by atoms with Crippen LogP contribution in [0.5, 0.6) is 0 Å². The molecule has 1 N–H and O–H groups in total. The van der Waals surface area contributed by atoms with Gasteiger partial charge in [0.1, 0.15) is 5.82 Å². The van der Waals surface area contributed by atoms with Crippen LogP contribution in [0, 0.1) is 11.7 Å². The van der Waals surface area contributed by atoms with Crippen molar-refractivity contribution in [1.29, 1.82) is 0 Å². The second-order valence-electron chi connectivity index (χ2n) is 9.19. The zero-order valence-electron chi connectivity index (χ0n) is 20.3. The SMILES string of the molecule is CCS(=O)(=O)c1ccc(CC(=O)Nc2nc3c(s2)CN(C(C)c2ccc(F)cc2)[C@@H]3C(C)C)cc1. The second-order valence-corrected chi connectivity index (χ2v) is 12.6. The van der Waals surface area contributed by atoms with Crippen molar-refractivity contribution >= 4 is 32.2 Å². The third-order valence-corrected chi connectivity index (χ3v) is 9.17. The second kappa shape index (κ2) is 10.2. The first-order valence-corrected chi connectivity index (χ1v) is 14.2. The zero-order chi connectivity index (χ0) is 25.3. The molecule has 3 aromatic rings. The lowest BCUT2D eigenvalue weighted by atomic mass is 9.98. The Hall–Kier alpha value is -2.62. The average Bonchev–Trinajstić information content (AvgIpc) is 3.36. The maximum Gasteiger partial charge on any atom is 0.230 e. The molecule has 0 fully saturated rings. The minimum absolute atomic E-state index is 0.0407. The Morgan fingerprint density at radius 3 is 2.40 bits per heavy atom. The number of amides is 1. The summed E-state index contributed by atoms with van der Waals surface area (Å²) in [4.78, 5) is 21.2. The van der Waals surface area contributed by atoms with Crippen molar-refractivity contribution in [3.63, 3.8) is 0 Å². The molecule has 2 aromatic carbocycles. The Labute approximate surface area is 210 Å². The molecule has 0 aliphatic carbocycles. The first-order valence-electron chi connectivity index (χ1n) is 11.7. The van der Waals surface area contributed by atoms with Crippen molar-refractivity contribution < 1.29 is 17.6 Å². The number of nitrogens with one attached hydrogen (secondary N) is 1. The van der Waals surface area contributed by atoms with Gasteiger partial charge in [0.2, 0.25) is 5.91 Å². The molecule has 1 aliphatic heterocycles. The molecule has 6 nitrogen and oxygen atoms in total. The fourth-order valence-electron chi connectivity index (χ4n) is 4.52. The zero-order valence-corrected chi connectivity index (χ0v) is 21.9. The molecule has 2 heterocycles. The van der Waals surface area contributed by atoms with Gasteiger partial charge in [0.05, 0.1) is 28.8 Å². The van der Waals surface area contributed by atoms with Gasteiger partial charge in [0, 0.05) is 17.5 Å². The summed E-state index contributed by atoms with van der Waals surface area (Å²) in [5, 5.41) is 3.48. The number of carbonyl (C=O) groups excluding carboxylic acids is 1. The van der Waals surface area contributed by atoms with E-state index in [4.69, 9.17) is 4.98 Å². The summed E-state index contributed by atoms with van der Waals surface area (Å²) in [6, 6.07) is 13.3. The number of hydrogen-bond acceptors (Lipinski definition) is 6. The lowest BCUT2D eigenvalue weighted by molar-refractivity contribution is -0.115. The monoisotopic (exact) mass is 515 g/mol. The predicted octanol–water partition coefficient (Wildman–Crippen LogP) is 5.53. The van der Waals surface area contributed by atoms with Crippen LogP contribution < -0.4 is 5.32 Å². The Bertz CT molecular complexity index is 1300. The Morgan fingerprint density at radius 1 is 1.14 bits per heavy atom. The maximum absolute atomic E-state index is 13.4. The van der Waals surface area contributed by atoms with E-state index in [1.165, 1.54) is 23.5 Å². The van der Waals surface area contributed by atoms with E-state index in [1.54, 1.807) is 31.2 Å². The van der Waals surface area contributed by atoms with Crippen LogP contribution in [0.4, 0.5) is 9.52 Å². The number of rotatable bonds is 8. The molecule has 1 aromatic heterocycles. The van der Waals surface area contributed by atoms with Crippen molar-refractivity contribution in [3.05, 3.63) is 76.0 Å². The topological polar surface area (TPSA) is 79.4 Å². The third-order valence-electron chi connectivity index (χ3n) is 6.45. The number of sulfone groups is 1. The molecule has 35 heavy (non-hydrogen) atoms. The highest BCUT2D eigenvalue weighted by Gasteiger charge is 2.38. The summed E-state index contributed by atoms with van der Waals surface area (Å²) in [6.45, 7) is 8.76. The van der Waals surface area contributed by atoms with Crippen LogP contribution in [0.25, 0.3) is 0 Å². The highest BCUT2D eigenvalue weighted by atomic mass is 32.2. The lowest BCUT2D eigenvalue weighted by Crippen LogP contribution is -2.29. The van der Waals surface area contributed by atoms with Crippen molar-refractivity contribution in [3.8, 4) is 0 Å². The van der Waals surface area contributed by atoms with Gasteiger partial charge in [-0.25, -0.2) is 17.8 Å². The largest absolute Gasteiger partial charge is 0.302 e. The van der Waals surface area contributed by atoms with Crippen molar-refractivity contribution in [2.45, 2.75) is 57.6 Å². The summed E-state index contributed by atoms with van der Waals surface area (Å²) in [5.74, 6) is -0.0892. The number of halogens is 1. The van der Waals surface area contributed by atoms with E-state index in [-0.39, 0.29) is 40.9 Å². The van der Waals surface area contributed by atoms with E-state index in [0.717, 1.165) is 28.2 Å². The van der Waals surface area contributed by atoms with Crippen LogP contribution in [0.1, 0.15) is 61.5 Å². The molecule has 9 heteroatoms. The third kappa shape index (κ3) is 5.47. The average molecular weight is 516 g/mol. The van der Waals surface area contributed by atoms with Crippen LogP contribution in [-0.2, 0) is 27.6 Å². The van der Waals surface area contributed by atoms with Crippen LogP contribution >= 0.6 is 11.3 Å². The number of carbonyl (C=O) groups is 1. The summed E-state index contributed by atoms with van der Waals surface area (Å²) in [7, 11) is -3.26. The minimum atomic E-state index is -3.26. The van der Waals surface area contributed by atoms with E-state index in [1.807, 2.05) is 12.1 Å². The molecular weight excluding hydrogens is 485 g/mol. The number of anilines is 1. The Balaban J connectivity index is 1.44. The molecule has 1 aliphatic rings. The van der Waals surface area contributed by atoms with E-state index < -0.39 is 9.84 Å². The lowest BCUT2D eigenvalue weighted by Gasteiger charge is -2.33. The predicted molar refractivity (Wildman–Crippen MR) is 137 cm³/mol. The number of thiazole rings is 1. The van der Waals surface area contributed by atoms with Gasteiger partial charge in [0.25, 0.3) is 0 Å². The van der Waals surface area contributed by atoms with Crippen LogP contribution in [0.15, 0.2) is 53.4 Å². The van der Waals surface area contributed by atoms with Crippen LogP contribution in [-0.4, -0.2) is 30.0 Å². The van der Waals surface area contributed by atoms with Gasteiger partial charge in [-0.2, -0.15) is 0 Å². The number of hydrogen-bond donors (Lipinski definition) is 1. The summed E-state index contributed by atoms with van der Waals surface area (Å²) in [6.07, 6.45) is 0.137. The summed E-state index contributed by atoms with van der Waals surface area (Å²) < 4.78 is 37.3. The van der Waals surface area contributed by atoms with Gasteiger partial charge in [0.15, 0.2) is 15.0 Å². The molecule has 1 unspecified atom stereocenters.